The third-order valence-electron chi connectivity index (χ3n) is 5.05. The summed E-state index contributed by atoms with van der Waals surface area (Å²) in [5, 5.41) is 31.0. The number of aliphatic carboxylic acids is 1. The lowest BCUT2D eigenvalue weighted by Crippen LogP contribution is -2.31. The van der Waals surface area contributed by atoms with Crippen LogP contribution in [-0.4, -0.2) is 44.2 Å². The van der Waals surface area contributed by atoms with Gasteiger partial charge in [-0.15, -0.1) is 0 Å². The van der Waals surface area contributed by atoms with Crippen molar-refractivity contribution >= 4 is 29.1 Å². The lowest BCUT2D eigenvalue weighted by molar-refractivity contribution is -0.384. The quantitative estimate of drug-likeness (QED) is 0.229. The minimum Gasteiger partial charge on any atom is -0.507 e. The smallest absolute Gasteiger partial charge is 0.303 e. The van der Waals surface area contributed by atoms with Gasteiger partial charge in [-0.3, -0.25) is 24.5 Å². The van der Waals surface area contributed by atoms with Gasteiger partial charge < -0.3 is 15.1 Å². The minimum atomic E-state index is -1.07. The first kappa shape index (κ1) is 21.7. The number of aryl methyl sites for hydroxylation is 1. The van der Waals surface area contributed by atoms with Crippen LogP contribution >= 0.6 is 0 Å². The number of nitro groups is 1. The van der Waals surface area contributed by atoms with Crippen molar-refractivity contribution in [3.05, 3.63) is 80.9 Å². The molecule has 1 atom stereocenters. The van der Waals surface area contributed by atoms with Gasteiger partial charge in [0.1, 0.15) is 5.76 Å². The highest BCUT2D eigenvalue weighted by Gasteiger charge is 2.46. The van der Waals surface area contributed by atoms with Crippen molar-refractivity contribution in [2.75, 3.05) is 6.54 Å². The Bertz CT molecular complexity index is 1090. The van der Waals surface area contributed by atoms with Gasteiger partial charge in [-0.25, -0.2) is 0 Å². The van der Waals surface area contributed by atoms with Gasteiger partial charge in [0, 0.05) is 30.7 Å². The first-order valence-corrected chi connectivity index (χ1v) is 9.52. The Labute approximate surface area is 177 Å². The zero-order valence-corrected chi connectivity index (χ0v) is 16.6. The summed E-state index contributed by atoms with van der Waals surface area (Å²) in [6, 6.07) is 11.1. The average molecular weight is 424 g/mol. The number of aliphatic hydroxyl groups is 1. The molecule has 160 valence electrons. The summed E-state index contributed by atoms with van der Waals surface area (Å²) >= 11 is 0. The van der Waals surface area contributed by atoms with Crippen molar-refractivity contribution in [3.8, 4) is 0 Å². The summed E-state index contributed by atoms with van der Waals surface area (Å²) in [5.41, 5.74) is 1.11. The number of aliphatic hydroxyl groups excluding tert-OH is 1. The van der Waals surface area contributed by atoms with E-state index in [-0.39, 0.29) is 36.2 Å². The minimum absolute atomic E-state index is 0.0606. The molecule has 0 spiro atoms. The lowest BCUT2D eigenvalue weighted by atomic mass is 9.94. The molecule has 1 aliphatic rings. The maximum Gasteiger partial charge on any atom is 0.303 e. The summed E-state index contributed by atoms with van der Waals surface area (Å²) in [7, 11) is 0. The van der Waals surface area contributed by atoms with Gasteiger partial charge >= 0.3 is 5.97 Å². The van der Waals surface area contributed by atoms with Crippen LogP contribution in [0.3, 0.4) is 0 Å². The fourth-order valence-corrected chi connectivity index (χ4v) is 3.53. The average Bonchev–Trinajstić information content (AvgIpc) is 2.98. The van der Waals surface area contributed by atoms with Gasteiger partial charge in [0.2, 0.25) is 0 Å². The number of likely N-dealkylation sites (tertiary alicyclic amines) is 1. The second-order valence-electron chi connectivity index (χ2n) is 7.21. The molecule has 0 bridgehead atoms. The van der Waals surface area contributed by atoms with Gasteiger partial charge in [0.15, 0.2) is 0 Å². The monoisotopic (exact) mass is 424 g/mol. The van der Waals surface area contributed by atoms with Crippen molar-refractivity contribution in [1.82, 2.24) is 4.90 Å². The molecule has 0 saturated carbocycles. The van der Waals surface area contributed by atoms with Crippen molar-refractivity contribution < 1.29 is 29.5 Å². The van der Waals surface area contributed by atoms with E-state index < -0.39 is 34.4 Å². The Balaban J connectivity index is 2.14. The fourth-order valence-electron chi connectivity index (χ4n) is 3.53. The topological polar surface area (TPSA) is 138 Å². The molecule has 1 saturated heterocycles. The van der Waals surface area contributed by atoms with Crippen molar-refractivity contribution in [1.29, 1.82) is 0 Å². The molecular formula is C22H20N2O7. The van der Waals surface area contributed by atoms with Gasteiger partial charge in [-0.2, -0.15) is 0 Å². The molecule has 1 heterocycles. The van der Waals surface area contributed by atoms with Gasteiger partial charge in [0.25, 0.3) is 17.4 Å². The number of Topliss-reactive ketones (excluding diaryl/α,β-unsaturated/α-hetero) is 1. The Morgan fingerprint density at radius 3 is 2.42 bits per heavy atom. The molecule has 0 aliphatic carbocycles. The van der Waals surface area contributed by atoms with Crippen LogP contribution in [0.5, 0.6) is 0 Å². The van der Waals surface area contributed by atoms with E-state index in [1.807, 2.05) is 6.92 Å². The molecule has 1 amide bonds. The maximum absolute atomic E-state index is 12.8. The molecule has 1 aliphatic heterocycles. The molecular weight excluding hydrogens is 404 g/mol. The zero-order chi connectivity index (χ0) is 22.7. The molecule has 31 heavy (non-hydrogen) atoms. The first-order chi connectivity index (χ1) is 14.7. The predicted molar refractivity (Wildman–Crippen MR) is 110 cm³/mol. The number of nitro benzene ring substituents is 1. The van der Waals surface area contributed by atoms with E-state index in [2.05, 4.69) is 0 Å². The molecule has 9 nitrogen and oxygen atoms in total. The zero-order valence-electron chi connectivity index (χ0n) is 16.6. The van der Waals surface area contributed by atoms with Crippen molar-refractivity contribution in [2.24, 2.45) is 0 Å². The molecule has 2 N–H and O–H groups in total. The maximum atomic E-state index is 12.8. The molecule has 0 aromatic heterocycles. The lowest BCUT2D eigenvalue weighted by Gasteiger charge is -2.25. The number of carboxylic acids is 1. The standard InChI is InChI=1S/C22H20N2O7/c1-13-7-9-14(10-8-13)20(27)18-19(15-4-2-5-16(12-15)24(30)31)23(22(29)21(18)28)11-3-6-17(25)26/h2,4-5,7-10,12,19,27H,3,6,11H2,1H3,(H,25,26)/b20-18+. The Morgan fingerprint density at radius 2 is 1.81 bits per heavy atom. The van der Waals surface area contributed by atoms with Crippen molar-refractivity contribution in [2.45, 2.75) is 25.8 Å². The van der Waals surface area contributed by atoms with E-state index in [9.17, 15) is 29.6 Å². The second kappa shape index (κ2) is 8.78. The Kier molecular flexibility index (Phi) is 6.15. The molecule has 3 rings (SSSR count). The van der Waals surface area contributed by atoms with Gasteiger partial charge in [-0.1, -0.05) is 42.0 Å². The largest absolute Gasteiger partial charge is 0.507 e. The molecule has 2 aromatic carbocycles. The molecule has 1 unspecified atom stereocenters. The van der Waals surface area contributed by atoms with Crippen LogP contribution in [0, 0.1) is 17.0 Å². The summed E-state index contributed by atoms with van der Waals surface area (Å²) < 4.78 is 0. The van der Waals surface area contributed by atoms with Crippen LogP contribution in [0.15, 0.2) is 54.1 Å². The van der Waals surface area contributed by atoms with E-state index in [0.717, 1.165) is 10.5 Å². The van der Waals surface area contributed by atoms with Crippen LogP contribution in [0.2, 0.25) is 0 Å². The number of carbonyl (C=O) groups is 3. The number of hydrogen-bond acceptors (Lipinski definition) is 6. The van der Waals surface area contributed by atoms with Gasteiger partial charge in [0.05, 0.1) is 16.5 Å². The third kappa shape index (κ3) is 4.45. The van der Waals surface area contributed by atoms with E-state index in [1.165, 1.54) is 24.3 Å². The second-order valence-corrected chi connectivity index (χ2v) is 7.21. The Morgan fingerprint density at radius 1 is 1.13 bits per heavy atom. The van der Waals surface area contributed by atoms with E-state index in [4.69, 9.17) is 5.11 Å². The van der Waals surface area contributed by atoms with Crippen LogP contribution < -0.4 is 0 Å². The summed E-state index contributed by atoms with van der Waals surface area (Å²) in [6.45, 7) is 1.79. The first-order valence-electron chi connectivity index (χ1n) is 9.52. The summed E-state index contributed by atoms with van der Waals surface area (Å²) in [6.07, 6.45) is -0.138. The Hall–Kier alpha value is -4.01. The van der Waals surface area contributed by atoms with Gasteiger partial charge in [-0.05, 0) is 18.9 Å². The highest BCUT2D eigenvalue weighted by molar-refractivity contribution is 6.46. The number of rotatable bonds is 7. The SMILES string of the molecule is Cc1ccc(/C(O)=C2\C(=O)C(=O)N(CCCC(=O)O)C2c2cccc([N+](=O)[O-])c2)cc1. The number of ketones is 1. The molecule has 2 aromatic rings. The number of hydrogen-bond donors (Lipinski definition) is 2. The molecule has 9 heteroatoms. The highest BCUT2D eigenvalue weighted by atomic mass is 16.6. The fraction of sp³-hybridized carbons (Fsp3) is 0.227. The van der Waals surface area contributed by atoms with E-state index in [0.29, 0.717) is 5.56 Å². The van der Waals surface area contributed by atoms with Crippen LogP contribution in [0.4, 0.5) is 5.69 Å². The third-order valence-corrected chi connectivity index (χ3v) is 5.05. The number of benzene rings is 2. The molecule has 1 fully saturated rings. The number of non-ortho nitro benzene ring substituents is 1. The number of amides is 1. The molecule has 0 radical (unpaired) electrons. The van der Waals surface area contributed by atoms with Crippen LogP contribution in [0.25, 0.3) is 5.76 Å². The number of nitrogens with zero attached hydrogens (tertiary/aromatic N) is 2. The summed E-state index contributed by atoms with van der Waals surface area (Å²) in [5.74, 6) is -3.26. The van der Waals surface area contributed by atoms with E-state index in [1.54, 1.807) is 24.3 Å². The number of carbonyl (C=O) groups excluding carboxylic acids is 2. The van der Waals surface area contributed by atoms with Crippen LogP contribution in [0.1, 0.15) is 35.6 Å². The van der Waals surface area contributed by atoms with E-state index >= 15 is 0 Å². The normalized spacial score (nSPS) is 17.7. The summed E-state index contributed by atoms with van der Waals surface area (Å²) in [4.78, 5) is 48.2. The van der Waals surface area contributed by atoms with Crippen molar-refractivity contribution in [3.63, 3.8) is 0 Å². The highest BCUT2D eigenvalue weighted by Crippen LogP contribution is 2.40. The number of carboxylic acid groups (broad SMARTS) is 1. The predicted octanol–water partition coefficient (Wildman–Crippen LogP) is 3.19. The van der Waals surface area contributed by atoms with Crippen LogP contribution in [-0.2, 0) is 14.4 Å².